The number of likely N-dealkylation sites (N-methyl/N-ethyl adjacent to an activating group) is 1. The van der Waals surface area contributed by atoms with Crippen molar-refractivity contribution >= 4 is 17.7 Å². The van der Waals surface area contributed by atoms with Gasteiger partial charge in [-0.3, -0.25) is 9.59 Å². The molecule has 146 valence electrons. The summed E-state index contributed by atoms with van der Waals surface area (Å²) < 4.78 is 0. The van der Waals surface area contributed by atoms with Crippen LogP contribution in [-0.2, 0) is 9.59 Å². The van der Waals surface area contributed by atoms with Crippen LogP contribution in [0.5, 0.6) is 0 Å². The number of hydrogen-bond acceptors (Lipinski definition) is 5. The van der Waals surface area contributed by atoms with Gasteiger partial charge in [-0.2, -0.15) is 0 Å². The first kappa shape index (κ1) is 19.1. The van der Waals surface area contributed by atoms with E-state index in [-0.39, 0.29) is 30.3 Å². The van der Waals surface area contributed by atoms with E-state index >= 15 is 0 Å². The van der Waals surface area contributed by atoms with E-state index in [4.69, 9.17) is 5.73 Å². The zero-order valence-corrected chi connectivity index (χ0v) is 16.1. The molecular weight excluding hydrogens is 334 g/mol. The number of piperazine rings is 1. The van der Waals surface area contributed by atoms with Gasteiger partial charge in [-0.25, -0.2) is 4.79 Å². The lowest BCUT2D eigenvalue weighted by Gasteiger charge is -2.36. The molecular formula is C18H31N5O3. The van der Waals surface area contributed by atoms with Gasteiger partial charge in [0.1, 0.15) is 6.04 Å². The maximum Gasteiger partial charge on any atom is 0.320 e. The number of ketones is 1. The lowest BCUT2D eigenvalue weighted by Crippen LogP contribution is -2.53. The average Bonchev–Trinajstić information content (AvgIpc) is 3.15. The molecule has 8 heteroatoms. The van der Waals surface area contributed by atoms with E-state index in [1.54, 1.807) is 9.80 Å². The van der Waals surface area contributed by atoms with Crippen molar-refractivity contribution < 1.29 is 14.4 Å². The molecule has 3 aliphatic heterocycles. The second-order valence-corrected chi connectivity index (χ2v) is 8.24. The third-order valence-electron chi connectivity index (χ3n) is 5.77. The summed E-state index contributed by atoms with van der Waals surface area (Å²) in [5.41, 5.74) is 6.05. The number of rotatable bonds is 3. The Morgan fingerprint density at radius 1 is 1.12 bits per heavy atom. The van der Waals surface area contributed by atoms with Gasteiger partial charge in [0.25, 0.3) is 0 Å². The number of amides is 3. The zero-order chi connectivity index (χ0) is 19.0. The van der Waals surface area contributed by atoms with Crippen LogP contribution in [-0.4, -0.2) is 102 Å². The highest BCUT2D eigenvalue weighted by Gasteiger charge is 2.52. The quantitative estimate of drug-likeness (QED) is 0.734. The number of likely N-dealkylation sites (tertiary alicyclic amines) is 2. The normalized spacial score (nSPS) is 28.0. The first-order chi connectivity index (χ1) is 12.3. The fourth-order valence-electron chi connectivity index (χ4n) is 4.33. The number of Topliss-reactive ketones (excluding diaryl/α,β-unsaturated/α-hetero) is 1. The van der Waals surface area contributed by atoms with Gasteiger partial charge in [-0.05, 0) is 25.8 Å². The maximum atomic E-state index is 12.9. The molecule has 0 bridgehead atoms. The molecule has 0 aromatic heterocycles. The zero-order valence-electron chi connectivity index (χ0n) is 16.1. The van der Waals surface area contributed by atoms with E-state index in [0.717, 1.165) is 13.1 Å². The Bertz CT molecular complexity index is 573. The average molecular weight is 365 g/mol. The smallest absolute Gasteiger partial charge is 0.320 e. The van der Waals surface area contributed by atoms with Crippen molar-refractivity contribution in [3.05, 3.63) is 0 Å². The van der Waals surface area contributed by atoms with Crippen LogP contribution in [0.3, 0.4) is 0 Å². The highest BCUT2D eigenvalue weighted by atomic mass is 16.2. The molecule has 0 aliphatic carbocycles. The molecule has 3 aliphatic rings. The third kappa shape index (κ3) is 3.57. The van der Waals surface area contributed by atoms with Crippen LogP contribution in [0.2, 0.25) is 0 Å². The molecule has 0 spiro atoms. The molecule has 3 atom stereocenters. The standard InChI is InChI=1S/C18H31N5O3/c1-12(2)10-13(19)17(25)22-5-4-14-16(22)15(24)11-23(14)18(26)21-8-6-20(3)7-9-21/h12-14,16H,4-11,19H2,1-3H3. The van der Waals surface area contributed by atoms with E-state index in [1.165, 1.54) is 0 Å². The molecule has 3 unspecified atom stereocenters. The van der Waals surface area contributed by atoms with Crippen molar-refractivity contribution in [1.29, 1.82) is 0 Å². The number of nitrogens with zero attached hydrogens (tertiary/aromatic N) is 4. The highest BCUT2D eigenvalue weighted by molar-refractivity contribution is 5.98. The molecule has 0 aromatic carbocycles. The highest BCUT2D eigenvalue weighted by Crippen LogP contribution is 2.31. The van der Waals surface area contributed by atoms with Gasteiger partial charge in [0, 0.05) is 32.7 Å². The summed E-state index contributed by atoms with van der Waals surface area (Å²) in [5, 5.41) is 0. The molecule has 26 heavy (non-hydrogen) atoms. The van der Waals surface area contributed by atoms with Crippen LogP contribution >= 0.6 is 0 Å². The van der Waals surface area contributed by atoms with Crippen molar-refractivity contribution in [2.75, 3.05) is 46.3 Å². The van der Waals surface area contributed by atoms with Gasteiger partial charge in [0.05, 0.1) is 18.6 Å². The van der Waals surface area contributed by atoms with Crippen LogP contribution in [0.4, 0.5) is 4.79 Å². The van der Waals surface area contributed by atoms with Crippen LogP contribution in [0, 0.1) is 5.92 Å². The molecule has 3 fully saturated rings. The summed E-state index contributed by atoms with van der Waals surface area (Å²) in [5.74, 6) is 0.121. The number of fused-ring (bicyclic) bond motifs is 1. The Balaban J connectivity index is 1.67. The van der Waals surface area contributed by atoms with Gasteiger partial charge in [-0.1, -0.05) is 13.8 Å². The minimum absolute atomic E-state index is 0.0416. The summed E-state index contributed by atoms with van der Waals surface area (Å²) in [4.78, 5) is 45.5. The van der Waals surface area contributed by atoms with Gasteiger partial charge in [0.15, 0.2) is 5.78 Å². The molecule has 3 amide bonds. The van der Waals surface area contributed by atoms with Gasteiger partial charge in [0.2, 0.25) is 5.91 Å². The summed E-state index contributed by atoms with van der Waals surface area (Å²) >= 11 is 0. The lowest BCUT2D eigenvalue weighted by atomic mass is 10.0. The van der Waals surface area contributed by atoms with E-state index in [9.17, 15) is 14.4 Å². The third-order valence-corrected chi connectivity index (χ3v) is 5.77. The number of carbonyl (C=O) groups is 3. The Kier molecular flexibility index (Phi) is 5.53. The van der Waals surface area contributed by atoms with Gasteiger partial charge < -0.3 is 25.3 Å². The van der Waals surface area contributed by atoms with Crippen LogP contribution < -0.4 is 5.73 Å². The first-order valence-corrected chi connectivity index (χ1v) is 9.62. The largest absolute Gasteiger partial charge is 0.329 e. The number of carbonyl (C=O) groups excluding carboxylic acids is 3. The van der Waals surface area contributed by atoms with E-state index in [1.807, 2.05) is 25.8 Å². The monoisotopic (exact) mass is 365 g/mol. The van der Waals surface area contributed by atoms with Crippen molar-refractivity contribution in [2.24, 2.45) is 11.7 Å². The lowest BCUT2D eigenvalue weighted by molar-refractivity contribution is -0.137. The Labute approximate surface area is 155 Å². The maximum absolute atomic E-state index is 12.9. The van der Waals surface area contributed by atoms with Crippen molar-refractivity contribution in [2.45, 2.75) is 44.8 Å². The summed E-state index contributed by atoms with van der Waals surface area (Å²) in [6.07, 6.45) is 1.25. The van der Waals surface area contributed by atoms with Crippen molar-refractivity contribution in [3.63, 3.8) is 0 Å². The number of hydrogen-bond donors (Lipinski definition) is 1. The fourth-order valence-corrected chi connectivity index (χ4v) is 4.33. The molecule has 3 saturated heterocycles. The molecule has 0 saturated carbocycles. The van der Waals surface area contributed by atoms with Crippen LogP contribution in [0.15, 0.2) is 0 Å². The molecule has 8 nitrogen and oxygen atoms in total. The van der Waals surface area contributed by atoms with E-state index in [2.05, 4.69) is 4.90 Å². The van der Waals surface area contributed by atoms with Crippen molar-refractivity contribution in [3.8, 4) is 0 Å². The Morgan fingerprint density at radius 2 is 1.77 bits per heavy atom. The predicted molar refractivity (Wildman–Crippen MR) is 97.5 cm³/mol. The van der Waals surface area contributed by atoms with Crippen LogP contribution in [0.25, 0.3) is 0 Å². The van der Waals surface area contributed by atoms with E-state index in [0.29, 0.717) is 38.4 Å². The molecule has 3 heterocycles. The van der Waals surface area contributed by atoms with E-state index < -0.39 is 12.1 Å². The summed E-state index contributed by atoms with van der Waals surface area (Å²) in [6, 6.07) is -1.37. The van der Waals surface area contributed by atoms with Gasteiger partial charge >= 0.3 is 6.03 Å². The number of nitrogens with two attached hydrogens (primary N) is 1. The predicted octanol–water partition coefficient (Wildman–Crippen LogP) is -0.419. The fraction of sp³-hybridized carbons (Fsp3) is 0.833. The first-order valence-electron chi connectivity index (χ1n) is 9.62. The van der Waals surface area contributed by atoms with Gasteiger partial charge in [-0.15, -0.1) is 0 Å². The summed E-state index contributed by atoms with van der Waals surface area (Å²) in [7, 11) is 2.04. The Morgan fingerprint density at radius 3 is 2.38 bits per heavy atom. The SMILES string of the molecule is CC(C)CC(N)C(=O)N1CCC2C1C(=O)CN2C(=O)N1CCN(C)CC1. The molecule has 0 radical (unpaired) electrons. The molecule has 3 rings (SSSR count). The second-order valence-electron chi connectivity index (χ2n) is 8.24. The molecule has 2 N–H and O–H groups in total. The minimum Gasteiger partial charge on any atom is -0.329 e. The minimum atomic E-state index is -0.580. The second kappa shape index (κ2) is 7.52. The topological polar surface area (TPSA) is 90.2 Å². The molecule has 0 aromatic rings. The summed E-state index contributed by atoms with van der Waals surface area (Å²) in [6.45, 7) is 7.70. The Hall–Kier alpha value is -1.67. The van der Waals surface area contributed by atoms with Crippen LogP contribution in [0.1, 0.15) is 26.7 Å². The number of urea groups is 1. The van der Waals surface area contributed by atoms with Crippen molar-refractivity contribution in [1.82, 2.24) is 19.6 Å².